The van der Waals surface area contributed by atoms with Crippen molar-refractivity contribution >= 4 is 35.8 Å². The maximum absolute atomic E-state index is 11.5. The van der Waals surface area contributed by atoms with E-state index in [0.29, 0.717) is 13.0 Å². The minimum absolute atomic E-state index is 0. The van der Waals surface area contributed by atoms with Crippen LogP contribution < -0.4 is 11.1 Å². The van der Waals surface area contributed by atoms with Crippen molar-refractivity contribution in [2.24, 2.45) is 5.73 Å². The summed E-state index contributed by atoms with van der Waals surface area (Å²) in [7, 11) is 0. The van der Waals surface area contributed by atoms with Gasteiger partial charge in [0.25, 0.3) is 0 Å². The maximum atomic E-state index is 11.5. The first-order valence-electron chi connectivity index (χ1n) is 4.91. The fourth-order valence-corrected chi connectivity index (χ4v) is 1.78. The quantitative estimate of drug-likeness (QED) is 0.800. The van der Waals surface area contributed by atoms with Crippen LogP contribution in [0.1, 0.15) is 12.8 Å². The molecule has 1 aromatic rings. The Morgan fingerprint density at radius 1 is 1.44 bits per heavy atom. The first-order chi connectivity index (χ1) is 7.27. The molecule has 0 unspecified atom stereocenters. The molecule has 90 valence electrons. The van der Waals surface area contributed by atoms with E-state index in [1.807, 2.05) is 30.5 Å². The van der Waals surface area contributed by atoms with Crippen molar-refractivity contribution in [3.05, 3.63) is 24.3 Å². The fraction of sp³-hybridized carbons (Fsp3) is 0.364. The minimum atomic E-state index is 0. The third-order valence-corrected chi connectivity index (χ3v) is 2.78. The average Bonchev–Trinajstić information content (AvgIpc) is 2.27. The number of nitrogens with one attached hydrogen (secondary N) is 1. The highest BCUT2D eigenvalue weighted by Gasteiger charge is 2.04. The third-order valence-electron chi connectivity index (χ3n) is 1.99. The number of anilines is 1. The summed E-state index contributed by atoms with van der Waals surface area (Å²) in [5, 5.41) is 2.88. The second-order valence-electron chi connectivity index (χ2n) is 3.14. The van der Waals surface area contributed by atoms with Gasteiger partial charge in [0.15, 0.2) is 0 Å². The molecule has 0 atom stereocenters. The van der Waals surface area contributed by atoms with E-state index in [-0.39, 0.29) is 18.3 Å². The van der Waals surface area contributed by atoms with Crippen LogP contribution in [0.5, 0.6) is 0 Å². The second-order valence-corrected chi connectivity index (χ2v) is 3.99. The summed E-state index contributed by atoms with van der Waals surface area (Å²) in [6.07, 6.45) is 3.21. The lowest BCUT2D eigenvalue weighted by molar-refractivity contribution is -0.116. The van der Waals surface area contributed by atoms with Crippen LogP contribution in [-0.4, -0.2) is 18.7 Å². The number of carbonyl (C=O) groups is 1. The Labute approximate surface area is 107 Å². The molecule has 16 heavy (non-hydrogen) atoms. The molecule has 5 heteroatoms. The molecule has 1 aromatic carbocycles. The molecule has 0 aliphatic rings. The lowest BCUT2D eigenvalue weighted by atomic mass is 10.2. The molecule has 0 bridgehead atoms. The predicted molar refractivity (Wildman–Crippen MR) is 72.4 cm³/mol. The summed E-state index contributed by atoms with van der Waals surface area (Å²) >= 11 is 1.62. The summed E-state index contributed by atoms with van der Waals surface area (Å²) < 4.78 is 0. The van der Waals surface area contributed by atoms with Gasteiger partial charge in [-0.2, -0.15) is 0 Å². The molecule has 0 aromatic heterocycles. The molecule has 3 N–H and O–H groups in total. The van der Waals surface area contributed by atoms with Gasteiger partial charge >= 0.3 is 0 Å². The van der Waals surface area contributed by atoms with E-state index in [9.17, 15) is 4.79 Å². The number of rotatable bonds is 5. The second kappa shape index (κ2) is 8.44. The van der Waals surface area contributed by atoms with Gasteiger partial charge in [0.05, 0.1) is 5.69 Å². The highest BCUT2D eigenvalue weighted by molar-refractivity contribution is 7.98. The SMILES string of the molecule is CSc1ccccc1NC(=O)CCCN.Cl. The number of nitrogens with two attached hydrogens (primary N) is 1. The van der Waals surface area contributed by atoms with Gasteiger partial charge in [0.1, 0.15) is 0 Å². The summed E-state index contributed by atoms with van der Waals surface area (Å²) in [6.45, 7) is 0.553. The average molecular weight is 261 g/mol. The summed E-state index contributed by atoms with van der Waals surface area (Å²) in [5.41, 5.74) is 6.22. The van der Waals surface area contributed by atoms with Crippen LogP contribution in [0.4, 0.5) is 5.69 Å². The molecule has 3 nitrogen and oxygen atoms in total. The van der Waals surface area contributed by atoms with Crippen LogP contribution >= 0.6 is 24.2 Å². The summed E-state index contributed by atoms with van der Waals surface area (Å²) in [6, 6.07) is 7.77. The van der Waals surface area contributed by atoms with E-state index in [1.54, 1.807) is 11.8 Å². The number of hydrogen-bond donors (Lipinski definition) is 2. The zero-order valence-corrected chi connectivity index (χ0v) is 10.9. The fourth-order valence-electron chi connectivity index (χ4n) is 1.22. The van der Waals surface area contributed by atoms with Gasteiger partial charge in [-0.25, -0.2) is 0 Å². The van der Waals surface area contributed by atoms with Crippen molar-refractivity contribution in [2.45, 2.75) is 17.7 Å². The van der Waals surface area contributed by atoms with E-state index in [4.69, 9.17) is 5.73 Å². The van der Waals surface area contributed by atoms with E-state index >= 15 is 0 Å². The Kier molecular flexibility index (Phi) is 8.07. The summed E-state index contributed by atoms with van der Waals surface area (Å²) in [5.74, 6) is 0.0296. The summed E-state index contributed by atoms with van der Waals surface area (Å²) in [4.78, 5) is 12.5. The Balaban J connectivity index is 0.00000225. The normalized spacial score (nSPS) is 9.38. The van der Waals surface area contributed by atoms with Gasteiger partial charge in [-0.05, 0) is 31.4 Å². The number of halogens is 1. The van der Waals surface area contributed by atoms with Gasteiger partial charge in [0, 0.05) is 11.3 Å². The monoisotopic (exact) mass is 260 g/mol. The van der Waals surface area contributed by atoms with Crippen LogP contribution in [0.2, 0.25) is 0 Å². The molecular formula is C11H17ClN2OS. The highest BCUT2D eigenvalue weighted by Crippen LogP contribution is 2.24. The van der Waals surface area contributed by atoms with Gasteiger partial charge in [-0.1, -0.05) is 12.1 Å². The third kappa shape index (κ3) is 4.88. The van der Waals surface area contributed by atoms with E-state index in [2.05, 4.69) is 5.32 Å². The van der Waals surface area contributed by atoms with Gasteiger partial charge in [-0.3, -0.25) is 4.79 Å². The lowest BCUT2D eigenvalue weighted by Crippen LogP contribution is -2.13. The number of hydrogen-bond acceptors (Lipinski definition) is 3. The van der Waals surface area contributed by atoms with Crippen LogP contribution in [0.3, 0.4) is 0 Å². The molecule has 0 aliphatic carbocycles. The first-order valence-corrected chi connectivity index (χ1v) is 6.13. The molecule has 0 heterocycles. The minimum Gasteiger partial charge on any atom is -0.330 e. The number of thioether (sulfide) groups is 1. The molecule has 1 amide bonds. The topological polar surface area (TPSA) is 55.1 Å². The molecule has 1 rings (SSSR count). The van der Waals surface area contributed by atoms with Gasteiger partial charge in [0.2, 0.25) is 5.91 Å². The molecule has 0 spiro atoms. The van der Waals surface area contributed by atoms with E-state index < -0.39 is 0 Å². The highest BCUT2D eigenvalue weighted by atomic mass is 35.5. The van der Waals surface area contributed by atoms with Crippen LogP contribution in [-0.2, 0) is 4.79 Å². The Bertz CT molecular complexity index is 334. The van der Waals surface area contributed by atoms with Gasteiger partial charge < -0.3 is 11.1 Å². The maximum Gasteiger partial charge on any atom is 0.224 e. The molecule has 0 saturated heterocycles. The lowest BCUT2D eigenvalue weighted by Gasteiger charge is -2.08. The standard InChI is InChI=1S/C11H16N2OS.ClH/c1-15-10-6-3-2-5-9(10)13-11(14)7-4-8-12;/h2-3,5-6H,4,7-8,12H2,1H3,(H,13,14);1H. The van der Waals surface area contributed by atoms with Crippen molar-refractivity contribution in [1.29, 1.82) is 0 Å². The zero-order valence-electron chi connectivity index (χ0n) is 9.23. The predicted octanol–water partition coefficient (Wildman–Crippen LogP) is 2.51. The Morgan fingerprint density at radius 2 is 2.12 bits per heavy atom. The first kappa shape index (κ1) is 15.3. The molecule has 0 saturated carbocycles. The van der Waals surface area contributed by atoms with Crippen molar-refractivity contribution in [2.75, 3.05) is 18.1 Å². The van der Waals surface area contributed by atoms with Crippen molar-refractivity contribution in [3.63, 3.8) is 0 Å². The number of amides is 1. The smallest absolute Gasteiger partial charge is 0.224 e. The number of para-hydroxylation sites is 1. The van der Waals surface area contributed by atoms with Crippen molar-refractivity contribution < 1.29 is 4.79 Å². The van der Waals surface area contributed by atoms with Crippen molar-refractivity contribution in [1.82, 2.24) is 0 Å². The Hall–Kier alpha value is -0.710. The van der Waals surface area contributed by atoms with Crippen LogP contribution in [0.25, 0.3) is 0 Å². The largest absolute Gasteiger partial charge is 0.330 e. The number of carbonyl (C=O) groups excluding carboxylic acids is 1. The van der Waals surface area contributed by atoms with Crippen molar-refractivity contribution in [3.8, 4) is 0 Å². The molecule has 0 fully saturated rings. The molecular weight excluding hydrogens is 244 g/mol. The molecule has 0 radical (unpaired) electrons. The van der Waals surface area contributed by atoms with Crippen LogP contribution in [0.15, 0.2) is 29.2 Å². The van der Waals surface area contributed by atoms with Crippen LogP contribution in [0, 0.1) is 0 Å². The Morgan fingerprint density at radius 3 is 2.75 bits per heavy atom. The number of benzene rings is 1. The van der Waals surface area contributed by atoms with Gasteiger partial charge in [-0.15, -0.1) is 24.2 Å². The molecule has 0 aliphatic heterocycles. The zero-order chi connectivity index (χ0) is 11.1. The van der Waals surface area contributed by atoms with E-state index in [0.717, 1.165) is 17.0 Å². The van der Waals surface area contributed by atoms with E-state index in [1.165, 1.54) is 0 Å².